The Balaban J connectivity index is 1.56. The largest absolute Gasteiger partial charge is 0.372 e. The number of hydrogen-bond donors (Lipinski definition) is 0. The SMILES string of the molecule is CN1CCCC2CN(C[C@@H]3CO3)CCC21. The lowest BCUT2D eigenvalue weighted by Gasteiger charge is -2.45. The number of hydrogen-bond acceptors (Lipinski definition) is 3. The molecule has 3 aliphatic rings. The molecule has 15 heavy (non-hydrogen) atoms. The lowest BCUT2D eigenvalue weighted by molar-refractivity contribution is 0.0361. The van der Waals surface area contributed by atoms with Crippen molar-refractivity contribution < 1.29 is 4.74 Å². The van der Waals surface area contributed by atoms with Gasteiger partial charge in [-0.1, -0.05) is 0 Å². The molecule has 0 aromatic carbocycles. The second-order valence-electron chi connectivity index (χ2n) is 5.45. The van der Waals surface area contributed by atoms with Gasteiger partial charge < -0.3 is 14.5 Å². The number of epoxide rings is 1. The summed E-state index contributed by atoms with van der Waals surface area (Å²) in [7, 11) is 2.30. The summed E-state index contributed by atoms with van der Waals surface area (Å²) in [5.74, 6) is 0.927. The zero-order chi connectivity index (χ0) is 10.3. The number of rotatable bonds is 2. The van der Waals surface area contributed by atoms with Crippen molar-refractivity contribution in [1.82, 2.24) is 9.80 Å². The van der Waals surface area contributed by atoms with Crippen molar-refractivity contribution in [3.63, 3.8) is 0 Å². The van der Waals surface area contributed by atoms with E-state index in [1.165, 1.54) is 45.4 Å². The fourth-order valence-corrected chi connectivity index (χ4v) is 3.36. The molecule has 0 N–H and O–H groups in total. The molecule has 0 bridgehead atoms. The number of likely N-dealkylation sites (tertiary alicyclic amines) is 2. The molecular formula is C12H22N2O. The molecule has 0 aromatic heterocycles. The number of nitrogens with zero attached hydrogens (tertiary/aromatic N) is 2. The van der Waals surface area contributed by atoms with Gasteiger partial charge in [0.2, 0.25) is 0 Å². The van der Waals surface area contributed by atoms with E-state index in [0.717, 1.165) is 18.6 Å². The van der Waals surface area contributed by atoms with E-state index in [-0.39, 0.29) is 0 Å². The summed E-state index contributed by atoms with van der Waals surface area (Å²) in [6.45, 7) is 6.10. The molecule has 3 heterocycles. The van der Waals surface area contributed by atoms with Crippen molar-refractivity contribution in [2.45, 2.75) is 31.4 Å². The van der Waals surface area contributed by atoms with Crippen LogP contribution >= 0.6 is 0 Å². The number of piperidine rings is 2. The first-order valence-electron chi connectivity index (χ1n) is 6.37. The summed E-state index contributed by atoms with van der Waals surface area (Å²) in [6.07, 6.45) is 4.78. The van der Waals surface area contributed by atoms with Gasteiger partial charge in [0.15, 0.2) is 0 Å². The monoisotopic (exact) mass is 210 g/mol. The molecule has 3 rings (SSSR count). The summed E-state index contributed by atoms with van der Waals surface area (Å²) >= 11 is 0. The highest BCUT2D eigenvalue weighted by molar-refractivity contribution is 4.90. The summed E-state index contributed by atoms with van der Waals surface area (Å²) < 4.78 is 5.32. The van der Waals surface area contributed by atoms with Crippen molar-refractivity contribution in [3.8, 4) is 0 Å². The topological polar surface area (TPSA) is 19.0 Å². The van der Waals surface area contributed by atoms with E-state index in [9.17, 15) is 0 Å². The molecule has 0 saturated carbocycles. The lowest BCUT2D eigenvalue weighted by atomic mass is 9.84. The molecule has 86 valence electrons. The zero-order valence-corrected chi connectivity index (χ0v) is 9.69. The Hall–Kier alpha value is -0.120. The molecule has 0 aliphatic carbocycles. The normalized spacial score (nSPS) is 42.6. The first-order valence-corrected chi connectivity index (χ1v) is 6.37. The third-order valence-corrected chi connectivity index (χ3v) is 4.29. The molecule has 0 aromatic rings. The van der Waals surface area contributed by atoms with Gasteiger partial charge in [0, 0.05) is 19.1 Å². The first kappa shape index (κ1) is 10.1. The zero-order valence-electron chi connectivity index (χ0n) is 9.69. The molecule has 3 atom stereocenters. The Labute approximate surface area is 92.4 Å². The molecule has 0 amide bonds. The minimum atomic E-state index is 0.572. The fraction of sp³-hybridized carbons (Fsp3) is 1.00. The van der Waals surface area contributed by atoms with Gasteiger partial charge in [-0.2, -0.15) is 0 Å². The molecule has 3 nitrogen and oxygen atoms in total. The van der Waals surface area contributed by atoms with Crippen molar-refractivity contribution in [1.29, 1.82) is 0 Å². The van der Waals surface area contributed by atoms with Crippen molar-refractivity contribution in [2.75, 3.05) is 39.8 Å². The average Bonchev–Trinajstić information content (AvgIpc) is 3.02. The maximum atomic E-state index is 5.32. The fourth-order valence-electron chi connectivity index (χ4n) is 3.36. The van der Waals surface area contributed by atoms with Crippen LogP contribution in [0.5, 0.6) is 0 Å². The highest BCUT2D eigenvalue weighted by Crippen LogP contribution is 2.30. The third-order valence-electron chi connectivity index (χ3n) is 4.29. The van der Waals surface area contributed by atoms with Crippen LogP contribution in [0.15, 0.2) is 0 Å². The summed E-state index contributed by atoms with van der Waals surface area (Å²) in [5, 5.41) is 0. The minimum absolute atomic E-state index is 0.572. The van der Waals surface area contributed by atoms with Crippen LogP contribution in [0.3, 0.4) is 0 Å². The van der Waals surface area contributed by atoms with E-state index in [2.05, 4.69) is 16.8 Å². The molecule has 3 aliphatic heterocycles. The average molecular weight is 210 g/mol. The van der Waals surface area contributed by atoms with E-state index < -0.39 is 0 Å². The van der Waals surface area contributed by atoms with Crippen LogP contribution in [0, 0.1) is 5.92 Å². The van der Waals surface area contributed by atoms with Gasteiger partial charge in [-0.15, -0.1) is 0 Å². The van der Waals surface area contributed by atoms with Gasteiger partial charge in [-0.3, -0.25) is 0 Å². The second kappa shape index (κ2) is 4.04. The van der Waals surface area contributed by atoms with Gasteiger partial charge in [-0.25, -0.2) is 0 Å². The Morgan fingerprint density at radius 1 is 1.27 bits per heavy atom. The van der Waals surface area contributed by atoms with Crippen LogP contribution in [0.25, 0.3) is 0 Å². The first-order chi connectivity index (χ1) is 7.33. The molecule has 0 spiro atoms. The maximum Gasteiger partial charge on any atom is 0.0936 e. The van der Waals surface area contributed by atoms with Crippen molar-refractivity contribution >= 4 is 0 Å². The minimum Gasteiger partial charge on any atom is -0.372 e. The quantitative estimate of drug-likeness (QED) is 0.628. The van der Waals surface area contributed by atoms with Crippen LogP contribution in [0.1, 0.15) is 19.3 Å². The molecule has 0 radical (unpaired) electrons. The second-order valence-corrected chi connectivity index (χ2v) is 5.45. The Bertz CT molecular complexity index is 230. The van der Waals surface area contributed by atoms with Gasteiger partial charge in [0.25, 0.3) is 0 Å². The van der Waals surface area contributed by atoms with E-state index in [4.69, 9.17) is 4.74 Å². The highest BCUT2D eigenvalue weighted by Gasteiger charge is 2.36. The predicted molar refractivity (Wildman–Crippen MR) is 59.9 cm³/mol. The highest BCUT2D eigenvalue weighted by atomic mass is 16.6. The maximum absolute atomic E-state index is 5.32. The van der Waals surface area contributed by atoms with Gasteiger partial charge in [-0.05, 0) is 45.3 Å². The van der Waals surface area contributed by atoms with Gasteiger partial charge >= 0.3 is 0 Å². The van der Waals surface area contributed by atoms with Crippen LogP contribution in [0.2, 0.25) is 0 Å². The summed E-state index contributed by atoms with van der Waals surface area (Å²) in [6, 6.07) is 0.870. The van der Waals surface area contributed by atoms with Crippen molar-refractivity contribution in [3.05, 3.63) is 0 Å². The van der Waals surface area contributed by atoms with Crippen LogP contribution in [-0.4, -0.2) is 61.8 Å². The molecular weight excluding hydrogens is 188 g/mol. The smallest absolute Gasteiger partial charge is 0.0936 e. The van der Waals surface area contributed by atoms with Crippen LogP contribution < -0.4 is 0 Å². The number of fused-ring (bicyclic) bond motifs is 1. The van der Waals surface area contributed by atoms with E-state index in [1.54, 1.807) is 0 Å². The Kier molecular flexibility index (Phi) is 2.71. The van der Waals surface area contributed by atoms with Crippen molar-refractivity contribution in [2.24, 2.45) is 5.92 Å². The van der Waals surface area contributed by atoms with Crippen LogP contribution in [0.4, 0.5) is 0 Å². The standard InChI is InChI=1S/C12H22N2O/c1-13-5-2-3-10-7-14(6-4-12(10)13)8-11-9-15-11/h10-12H,2-9H2,1H3/t10?,11-,12?/m1/s1. The molecule has 3 heteroatoms. The molecule has 3 fully saturated rings. The Morgan fingerprint density at radius 2 is 2.13 bits per heavy atom. The van der Waals surface area contributed by atoms with Gasteiger partial charge in [0.05, 0.1) is 12.7 Å². The third kappa shape index (κ3) is 2.19. The summed E-state index contributed by atoms with van der Waals surface area (Å²) in [5.41, 5.74) is 0. The number of ether oxygens (including phenoxy) is 1. The molecule has 2 unspecified atom stereocenters. The lowest BCUT2D eigenvalue weighted by Crippen LogP contribution is -2.53. The van der Waals surface area contributed by atoms with E-state index in [1.807, 2.05) is 0 Å². The Morgan fingerprint density at radius 3 is 2.93 bits per heavy atom. The molecule has 3 saturated heterocycles. The summed E-state index contributed by atoms with van der Waals surface area (Å²) in [4.78, 5) is 5.21. The van der Waals surface area contributed by atoms with Crippen LogP contribution in [-0.2, 0) is 4.74 Å². The van der Waals surface area contributed by atoms with Gasteiger partial charge in [0.1, 0.15) is 0 Å². The van der Waals surface area contributed by atoms with E-state index in [0.29, 0.717) is 6.10 Å². The van der Waals surface area contributed by atoms with E-state index >= 15 is 0 Å². The predicted octanol–water partition coefficient (Wildman–Crippen LogP) is 0.801.